The second kappa shape index (κ2) is 8.62. The van der Waals surface area contributed by atoms with Crippen molar-refractivity contribution in [2.75, 3.05) is 26.2 Å². The largest absolute Gasteiger partial charge is 0.493 e. The summed E-state index contributed by atoms with van der Waals surface area (Å²) in [6.45, 7) is 7.19. The van der Waals surface area contributed by atoms with Crippen molar-refractivity contribution in [2.45, 2.75) is 45.7 Å². The first-order valence-electron chi connectivity index (χ1n) is 11.6. The molecule has 0 unspecified atom stereocenters. The fourth-order valence-corrected chi connectivity index (χ4v) is 4.95. The third kappa shape index (κ3) is 4.77. The van der Waals surface area contributed by atoms with E-state index in [-0.39, 0.29) is 11.7 Å². The van der Waals surface area contributed by atoms with Gasteiger partial charge >= 0.3 is 0 Å². The Kier molecular flexibility index (Phi) is 5.70. The fraction of sp³-hybridized carbons (Fsp3) is 0.500. The average Bonchev–Trinajstić information content (AvgIpc) is 3.50. The molecule has 0 spiro atoms. The molecule has 31 heavy (non-hydrogen) atoms. The zero-order valence-electron chi connectivity index (χ0n) is 18.3. The van der Waals surface area contributed by atoms with E-state index in [4.69, 9.17) is 4.74 Å². The van der Waals surface area contributed by atoms with Crippen LogP contribution in [-0.4, -0.2) is 41.9 Å². The summed E-state index contributed by atoms with van der Waals surface area (Å²) in [7, 11) is 0. The molecule has 1 saturated heterocycles. The molecule has 2 heterocycles. The van der Waals surface area contributed by atoms with Gasteiger partial charge in [-0.25, -0.2) is 4.39 Å². The van der Waals surface area contributed by atoms with E-state index in [9.17, 15) is 9.18 Å². The van der Waals surface area contributed by atoms with Gasteiger partial charge in [0.1, 0.15) is 11.6 Å². The monoisotopic (exact) mass is 422 g/mol. The first-order valence-corrected chi connectivity index (χ1v) is 11.6. The maximum Gasteiger partial charge on any atom is 0.254 e. The lowest BCUT2D eigenvalue weighted by atomic mass is 9.97. The third-order valence-corrected chi connectivity index (χ3v) is 6.92. The Morgan fingerprint density at radius 3 is 2.61 bits per heavy atom. The lowest BCUT2D eigenvalue weighted by Crippen LogP contribution is -2.35. The van der Waals surface area contributed by atoms with Crippen LogP contribution in [0.5, 0.6) is 5.75 Å². The molecule has 1 aliphatic carbocycles. The Bertz CT molecular complexity index is 964. The van der Waals surface area contributed by atoms with Gasteiger partial charge in [-0.15, -0.1) is 0 Å². The van der Waals surface area contributed by atoms with E-state index in [1.807, 2.05) is 24.0 Å². The topological polar surface area (TPSA) is 32.8 Å². The number of piperidine rings is 1. The van der Waals surface area contributed by atoms with Gasteiger partial charge in [-0.2, -0.15) is 0 Å². The van der Waals surface area contributed by atoms with Crippen molar-refractivity contribution >= 4 is 5.91 Å². The van der Waals surface area contributed by atoms with E-state index >= 15 is 0 Å². The number of carbonyl (C=O) groups excluding carboxylic acids is 1. The number of likely N-dealkylation sites (tertiary alicyclic amines) is 1. The Morgan fingerprint density at radius 2 is 1.87 bits per heavy atom. The molecular formula is C26H31FN2O2. The number of ether oxygens (including phenoxy) is 1. The van der Waals surface area contributed by atoms with Crippen molar-refractivity contribution in [1.82, 2.24) is 9.80 Å². The summed E-state index contributed by atoms with van der Waals surface area (Å²) < 4.78 is 19.6. The number of rotatable bonds is 7. The van der Waals surface area contributed by atoms with E-state index < -0.39 is 0 Å². The Morgan fingerprint density at radius 1 is 1.06 bits per heavy atom. The van der Waals surface area contributed by atoms with Crippen LogP contribution in [0.3, 0.4) is 0 Å². The van der Waals surface area contributed by atoms with E-state index in [0.29, 0.717) is 18.4 Å². The molecule has 5 heteroatoms. The van der Waals surface area contributed by atoms with Crippen LogP contribution in [0.15, 0.2) is 36.4 Å². The number of benzene rings is 2. The van der Waals surface area contributed by atoms with Gasteiger partial charge in [0, 0.05) is 25.2 Å². The van der Waals surface area contributed by atoms with Crippen molar-refractivity contribution in [3.63, 3.8) is 0 Å². The molecule has 2 fully saturated rings. The fourth-order valence-electron chi connectivity index (χ4n) is 4.95. The lowest BCUT2D eigenvalue weighted by Gasteiger charge is -2.31. The molecule has 2 aromatic rings. The average molecular weight is 423 g/mol. The highest BCUT2D eigenvalue weighted by Crippen LogP contribution is 2.35. The van der Waals surface area contributed by atoms with Crippen LogP contribution in [-0.2, 0) is 13.1 Å². The third-order valence-electron chi connectivity index (χ3n) is 6.92. The quantitative estimate of drug-likeness (QED) is 0.643. The van der Waals surface area contributed by atoms with Crippen molar-refractivity contribution in [3.05, 3.63) is 64.5 Å². The predicted molar refractivity (Wildman–Crippen MR) is 119 cm³/mol. The first kappa shape index (κ1) is 20.5. The van der Waals surface area contributed by atoms with Crippen LogP contribution in [0.4, 0.5) is 4.39 Å². The van der Waals surface area contributed by atoms with Gasteiger partial charge < -0.3 is 9.64 Å². The highest BCUT2D eigenvalue weighted by atomic mass is 19.1. The first-order chi connectivity index (χ1) is 15.0. The van der Waals surface area contributed by atoms with Gasteiger partial charge in [-0.3, -0.25) is 9.69 Å². The van der Waals surface area contributed by atoms with Gasteiger partial charge in [0.25, 0.3) is 5.91 Å². The standard InChI is InChI=1S/C26H31FN2O2/c1-18-11-24(13-22-16-29(15-19-5-6-19)26(30)25(18)22)31-17-20-7-9-28(10-8-20)14-21-3-2-4-23(27)12-21/h2-4,11-13,19-20H,5-10,14-17H2,1H3. The van der Waals surface area contributed by atoms with Gasteiger partial charge in [0.15, 0.2) is 0 Å². The smallest absolute Gasteiger partial charge is 0.254 e. The summed E-state index contributed by atoms with van der Waals surface area (Å²) >= 11 is 0. The van der Waals surface area contributed by atoms with Crippen LogP contribution >= 0.6 is 0 Å². The highest BCUT2D eigenvalue weighted by molar-refractivity contribution is 6.00. The minimum absolute atomic E-state index is 0.164. The molecule has 2 aliphatic heterocycles. The number of halogens is 1. The van der Waals surface area contributed by atoms with E-state index in [1.54, 1.807) is 12.1 Å². The molecule has 1 amide bonds. The van der Waals surface area contributed by atoms with Crippen molar-refractivity contribution in [1.29, 1.82) is 0 Å². The van der Waals surface area contributed by atoms with E-state index in [0.717, 1.165) is 73.6 Å². The van der Waals surface area contributed by atoms with Crippen molar-refractivity contribution in [3.8, 4) is 5.75 Å². The van der Waals surface area contributed by atoms with Crippen molar-refractivity contribution in [2.24, 2.45) is 11.8 Å². The van der Waals surface area contributed by atoms with Crippen LogP contribution in [0.2, 0.25) is 0 Å². The van der Waals surface area contributed by atoms with Gasteiger partial charge in [-0.05, 0) is 98.5 Å². The van der Waals surface area contributed by atoms with E-state index in [1.165, 1.54) is 18.9 Å². The maximum absolute atomic E-state index is 13.4. The summed E-state index contributed by atoms with van der Waals surface area (Å²) in [5, 5.41) is 0. The molecule has 3 aliphatic rings. The normalized spacial score (nSPS) is 19.7. The molecule has 5 rings (SSSR count). The van der Waals surface area contributed by atoms with Crippen molar-refractivity contribution < 1.29 is 13.9 Å². The number of aryl methyl sites for hydroxylation is 1. The lowest BCUT2D eigenvalue weighted by molar-refractivity contribution is 0.0770. The molecule has 1 saturated carbocycles. The number of fused-ring (bicyclic) bond motifs is 1. The second-order valence-corrected chi connectivity index (χ2v) is 9.56. The van der Waals surface area contributed by atoms with Crippen LogP contribution in [0, 0.1) is 24.6 Å². The SMILES string of the molecule is Cc1cc(OCC2CCN(Cc3cccc(F)c3)CC2)cc2c1C(=O)N(CC1CC1)C2. The highest BCUT2D eigenvalue weighted by Gasteiger charge is 2.34. The minimum atomic E-state index is -0.164. The molecule has 0 aromatic heterocycles. The Hall–Kier alpha value is -2.40. The summed E-state index contributed by atoms with van der Waals surface area (Å²) in [6, 6.07) is 11.0. The molecule has 0 atom stereocenters. The zero-order chi connectivity index (χ0) is 21.4. The van der Waals surface area contributed by atoms with Crippen LogP contribution in [0.1, 0.15) is 52.7 Å². The molecule has 0 bridgehead atoms. The summed E-state index contributed by atoms with van der Waals surface area (Å²) in [5.74, 6) is 2.16. The molecule has 2 aromatic carbocycles. The summed E-state index contributed by atoms with van der Waals surface area (Å²) in [5.41, 5.74) is 4.07. The van der Waals surface area contributed by atoms with E-state index in [2.05, 4.69) is 11.0 Å². The van der Waals surface area contributed by atoms with Crippen LogP contribution < -0.4 is 4.74 Å². The van der Waals surface area contributed by atoms with Gasteiger partial charge in [-0.1, -0.05) is 12.1 Å². The molecule has 0 N–H and O–H groups in total. The minimum Gasteiger partial charge on any atom is -0.493 e. The number of hydrogen-bond acceptors (Lipinski definition) is 3. The summed E-state index contributed by atoms with van der Waals surface area (Å²) in [6.07, 6.45) is 4.70. The van der Waals surface area contributed by atoms with Crippen LogP contribution in [0.25, 0.3) is 0 Å². The number of amides is 1. The Balaban J connectivity index is 1.13. The summed E-state index contributed by atoms with van der Waals surface area (Å²) in [4.78, 5) is 17.1. The Labute approximate surface area is 184 Å². The number of nitrogens with zero attached hydrogens (tertiary/aromatic N) is 2. The van der Waals surface area contributed by atoms with Gasteiger partial charge in [0.2, 0.25) is 0 Å². The molecule has 0 radical (unpaired) electrons. The molecule has 164 valence electrons. The molecule has 4 nitrogen and oxygen atoms in total. The maximum atomic E-state index is 13.4. The van der Waals surface area contributed by atoms with Gasteiger partial charge in [0.05, 0.1) is 6.61 Å². The molecular weight excluding hydrogens is 391 g/mol. The number of carbonyl (C=O) groups is 1. The zero-order valence-corrected chi connectivity index (χ0v) is 18.3. The predicted octanol–water partition coefficient (Wildman–Crippen LogP) is 4.79. The number of hydrogen-bond donors (Lipinski definition) is 0. The second-order valence-electron chi connectivity index (χ2n) is 9.56.